The number of ketones is 2. The Morgan fingerprint density at radius 1 is 0.905 bits per heavy atom. The predicted octanol–water partition coefficient (Wildman–Crippen LogP) is 3.07. The van der Waals surface area contributed by atoms with E-state index in [1.54, 1.807) is 12.3 Å². The van der Waals surface area contributed by atoms with Gasteiger partial charge in [-0.2, -0.15) is 0 Å². The minimum absolute atomic E-state index is 0.00185. The third-order valence-electron chi connectivity index (χ3n) is 4.29. The van der Waals surface area contributed by atoms with E-state index in [4.69, 9.17) is 0 Å². The summed E-state index contributed by atoms with van der Waals surface area (Å²) in [5, 5.41) is 0. The fourth-order valence-corrected chi connectivity index (χ4v) is 3.34. The summed E-state index contributed by atoms with van der Waals surface area (Å²) in [4.78, 5) is 27.0. The fraction of sp³-hybridized carbons (Fsp3) is 0.111. The lowest BCUT2D eigenvalue weighted by Gasteiger charge is -2.38. The van der Waals surface area contributed by atoms with Crippen molar-refractivity contribution in [2.45, 2.75) is 12.0 Å². The Hall–Kier alpha value is -2.68. The maximum absolute atomic E-state index is 13.1. The molecule has 0 fully saturated rings. The van der Waals surface area contributed by atoms with Gasteiger partial charge in [-0.3, -0.25) is 9.59 Å². The maximum atomic E-state index is 13.1. The molecule has 0 saturated heterocycles. The van der Waals surface area contributed by atoms with Crippen molar-refractivity contribution in [2.24, 2.45) is 0 Å². The van der Waals surface area contributed by atoms with Crippen molar-refractivity contribution in [1.82, 2.24) is 0 Å². The van der Waals surface area contributed by atoms with Crippen LogP contribution in [0.1, 0.15) is 22.3 Å². The second kappa shape index (κ2) is 4.16. The summed E-state index contributed by atoms with van der Waals surface area (Å²) < 4.78 is 0. The minimum Gasteiger partial charge on any atom is -0.329 e. The molecule has 0 spiro atoms. The fourth-order valence-electron chi connectivity index (χ4n) is 3.34. The Bertz CT molecular complexity index is 779. The molecule has 21 heavy (non-hydrogen) atoms. The van der Waals surface area contributed by atoms with E-state index in [0.717, 1.165) is 11.3 Å². The number of para-hydroxylation sites is 1. The molecule has 2 aromatic rings. The molecule has 4 rings (SSSR count). The van der Waals surface area contributed by atoms with Crippen LogP contribution in [0, 0.1) is 0 Å². The monoisotopic (exact) mass is 275 g/mol. The van der Waals surface area contributed by atoms with Gasteiger partial charge in [0.1, 0.15) is 5.54 Å². The Balaban J connectivity index is 2.02. The van der Waals surface area contributed by atoms with Crippen LogP contribution in [-0.2, 0) is 10.3 Å². The van der Waals surface area contributed by atoms with Gasteiger partial charge in [0.2, 0.25) is 0 Å². The van der Waals surface area contributed by atoms with Crippen molar-refractivity contribution < 1.29 is 9.59 Å². The summed E-state index contributed by atoms with van der Waals surface area (Å²) in [7, 11) is 0. The number of anilines is 1. The molecule has 2 aliphatic rings. The molecule has 0 N–H and O–H groups in total. The Labute approximate surface area is 122 Å². The first-order chi connectivity index (χ1) is 10.2. The van der Waals surface area contributed by atoms with Crippen LogP contribution < -0.4 is 4.90 Å². The van der Waals surface area contributed by atoms with Crippen LogP contribution in [-0.4, -0.2) is 11.6 Å². The number of benzene rings is 2. The number of carbonyl (C=O) groups is 2. The Morgan fingerprint density at radius 2 is 1.62 bits per heavy atom. The van der Waals surface area contributed by atoms with Crippen molar-refractivity contribution >= 4 is 17.3 Å². The highest BCUT2D eigenvalue weighted by Crippen LogP contribution is 2.48. The van der Waals surface area contributed by atoms with Crippen LogP contribution in [0.2, 0.25) is 0 Å². The van der Waals surface area contributed by atoms with Crippen molar-refractivity contribution in [2.75, 3.05) is 4.90 Å². The molecular formula is C18H13NO2. The topological polar surface area (TPSA) is 37.4 Å². The Kier molecular flexibility index (Phi) is 2.39. The van der Waals surface area contributed by atoms with Crippen molar-refractivity contribution in [3.63, 3.8) is 0 Å². The minimum atomic E-state index is -0.920. The number of Topliss-reactive ketones (excluding diaryl/α,β-unsaturated/α-hetero) is 1. The highest BCUT2D eigenvalue weighted by atomic mass is 16.1. The van der Waals surface area contributed by atoms with Gasteiger partial charge in [0.15, 0.2) is 11.6 Å². The molecule has 0 bridgehead atoms. The molecule has 3 heteroatoms. The average Bonchev–Trinajstić information content (AvgIpc) is 2.79. The van der Waals surface area contributed by atoms with E-state index in [0.29, 0.717) is 5.56 Å². The number of nitrogens with zero attached hydrogens (tertiary/aromatic N) is 1. The molecule has 2 aliphatic heterocycles. The number of fused-ring (bicyclic) bond motifs is 3. The van der Waals surface area contributed by atoms with Crippen LogP contribution in [0.15, 0.2) is 66.9 Å². The Morgan fingerprint density at radius 3 is 2.43 bits per heavy atom. The quantitative estimate of drug-likeness (QED) is 0.802. The van der Waals surface area contributed by atoms with Gasteiger partial charge in [0, 0.05) is 18.2 Å². The van der Waals surface area contributed by atoms with E-state index in [1.807, 2.05) is 59.5 Å². The van der Waals surface area contributed by atoms with E-state index in [-0.39, 0.29) is 18.0 Å². The third-order valence-corrected chi connectivity index (χ3v) is 4.29. The zero-order chi connectivity index (χ0) is 14.4. The summed E-state index contributed by atoms with van der Waals surface area (Å²) in [6.07, 6.45) is 3.47. The van der Waals surface area contributed by atoms with Gasteiger partial charge in [-0.25, -0.2) is 0 Å². The molecule has 102 valence electrons. The van der Waals surface area contributed by atoms with Gasteiger partial charge in [-0.05, 0) is 23.8 Å². The highest BCUT2D eigenvalue weighted by molar-refractivity contribution is 6.18. The SMILES string of the molecule is O=C1C=CN2c3ccccc3C(=O)C2(c2ccccc2)C1. The lowest BCUT2D eigenvalue weighted by molar-refractivity contribution is -0.115. The van der Waals surface area contributed by atoms with Gasteiger partial charge in [0.25, 0.3) is 0 Å². The molecule has 0 amide bonds. The molecule has 0 aliphatic carbocycles. The van der Waals surface area contributed by atoms with Crippen LogP contribution in [0.4, 0.5) is 5.69 Å². The first-order valence-corrected chi connectivity index (χ1v) is 6.93. The highest BCUT2D eigenvalue weighted by Gasteiger charge is 2.53. The second-order valence-corrected chi connectivity index (χ2v) is 5.40. The normalized spacial score (nSPS) is 23.1. The molecular weight excluding hydrogens is 262 g/mol. The summed E-state index contributed by atoms with van der Waals surface area (Å²) >= 11 is 0. The van der Waals surface area contributed by atoms with E-state index >= 15 is 0 Å². The van der Waals surface area contributed by atoms with Crippen molar-refractivity contribution in [3.05, 3.63) is 78.0 Å². The number of rotatable bonds is 1. The molecule has 3 nitrogen and oxygen atoms in total. The first kappa shape index (κ1) is 12.1. The standard InChI is InChI=1S/C18H13NO2/c20-14-10-11-19-16-9-5-4-8-15(16)17(21)18(19,12-14)13-6-2-1-3-7-13/h1-11H,12H2. The lowest BCUT2D eigenvalue weighted by atomic mass is 9.79. The largest absolute Gasteiger partial charge is 0.329 e. The van der Waals surface area contributed by atoms with Crippen molar-refractivity contribution in [1.29, 1.82) is 0 Å². The molecule has 2 heterocycles. The van der Waals surface area contributed by atoms with Crippen LogP contribution in [0.5, 0.6) is 0 Å². The number of hydrogen-bond donors (Lipinski definition) is 0. The summed E-state index contributed by atoms with van der Waals surface area (Å²) in [5.41, 5.74) is 1.50. The first-order valence-electron chi connectivity index (χ1n) is 6.93. The van der Waals surface area contributed by atoms with Crippen LogP contribution >= 0.6 is 0 Å². The maximum Gasteiger partial charge on any atom is 0.195 e. The van der Waals surface area contributed by atoms with Gasteiger partial charge < -0.3 is 4.90 Å². The number of allylic oxidation sites excluding steroid dienone is 1. The van der Waals surface area contributed by atoms with Gasteiger partial charge in [-0.1, -0.05) is 42.5 Å². The molecule has 0 radical (unpaired) electrons. The number of hydrogen-bond acceptors (Lipinski definition) is 3. The second-order valence-electron chi connectivity index (χ2n) is 5.40. The van der Waals surface area contributed by atoms with Gasteiger partial charge >= 0.3 is 0 Å². The summed E-state index contributed by atoms with van der Waals surface area (Å²) in [5.74, 6) is -0.0155. The smallest absolute Gasteiger partial charge is 0.195 e. The molecule has 1 atom stereocenters. The van der Waals surface area contributed by atoms with E-state index < -0.39 is 5.54 Å². The molecule has 2 aromatic carbocycles. The molecule has 0 saturated carbocycles. The van der Waals surface area contributed by atoms with E-state index in [1.165, 1.54) is 0 Å². The average molecular weight is 275 g/mol. The molecule has 0 aromatic heterocycles. The summed E-state index contributed by atoms with van der Waals surface area (Å²) in [6, 6.07) is 17.1. The lowest BCUT2D eigenvalue weighted by Crippen LogP contribution is -2.48. The van der Waals surface area contributed by atoms with Crippen molar-refractivity contribution in [3.8, 4) is 0 Å². The number of carbonyl (C=O) groups excluding carboxylic acids is 2. The third kappa shape index (κ3) is 1.49. The van der Waals surface area contributed by atoms with Crippen LogP contribution in [0.3, 0.4) is 0 Å². The predicted molar refractivity (Wildman–Crippen MR) is 80.1 cm³/mol. The van der Waals surface area contributed by atoms with Gasteiger partial charge in [0.05, 0.1) is 5.69 Å². The molecule has 1 unspecified atom stereocenters. The summed E-state index contributed by atoms with van der Waals surface area (Å²) in [6.45, 7) is 0. The van der Waals surface area contributed by atoms with Crippen LogP contribution in [0.25, 0.3) is 0 Å². The zero-order valence-corrected chi connectivity index (χ0v) is 11.3. The van der Waals surface area contributed by atoms with E-state index in [9.17, 15) is 9.59 Å². The van der Waals surface area contributed by atoms with Gasteiger partial charge in [-0.15, -0.1) is 0 Å². The zero-order valence-electron chi connectivity index (χ0n) is 11.3. The van der Waals surface area contributed by atoms with E-state index in [2.05, 4.69) is 0 Å².